The number of nitrogens with zero attached hydrogens (tertiary/aromatic N) is 3. The topological polar surface area (TPSA) is 50.2 Å². The number of aromatic nitrogens is 2. The molecule has 6 heteroatoms. The van der Waals surface area contributed by atoms with Crippen molar-refractivity contribution in [2.75, 3.05) is 26.2 Å². The summed E-state index contributed by atoms with van der Waals surface area (Å²) in [6.07, 6.45) is 1.82. The molecule has 100 valence electrons. The normalized spacial score (nSPS) is 26.0. The summed E-state index contributed by atoms with van der Waals surface area (Å²) in [5.41, 5.74) is 1.58. The fourth-order valence-corrected chi connectivity index (χ4v) is 3.00. The zero-order valence-corrected chi connectivity index (χ0v) is 11.5. The van der Waals surface area contributed by atoms with E-state index in [4.69, 9.17) is 0 Å². The van der Waals surface area contributed by atoms with Gasteiger partial charge in [0.15, 0.2) is 0 Å². The molecule has 2 aliphatic rings. The number of halogens is 1. The lowest BCUT2D eigenvalue weighted by Crippen LogP contribution is -2.32. The Morgan fingerprint density at radius 2 is 2.00 bits per heavy atom. The highest BCUT2D eigenvalue weighted by Crippen LogP contribution is 2.27. The SMILES string of the molecule is Cc1nn(C)cc1C(=O)N1C[C@H]2CNC[C@H]2C1.Cl. The van der Waals surface area contributed by atoms with Crippen LogP contribution in [-0.2, 0) is 7.05 Å². The van der Waals surface area contributed by atoms with Crippen LogP contribution in [0.15, 0.2) is 6.20 Å². The van der Waals surface area contributed by atoms with E-state index in [1.54, 1.807) is 4.68 Å². The van der Waals surface area contributed by atoms with E-state index in [1.165, 1.54) is 0 Å². The van der Waals surface area contributed by atoms with Crippen molar-refractivity contribution in [2.45, 2.75) is 6.92 Å². The first-order valence-corrected chi connectivity index (χ1v) is 6.15. The van der Waals surface area contributed by atoms with Gasteiger partial charge in [0.25, 0.3) is 5.91 Å². The molecule has 5 nitrogen and oxygen atoms in total. The second-order valence-corrected chi connectivity index (χ2v) is 5.19. The number of hydrogen-bond donors (Lipinski definition) is 1. The highest BCUT2D eigenvalue weighted by Gasteiger charge is 2.38. The first kappa shape index (κ1) is 13.4. The molecule has 1 amide bonds. The molecule has 2 fully saturated rings. The third kappa shape index (κ3) is 2.12. The van der Waals surface area contributed by atoms with Crippen molar-refractivity contribution in [1.82, 2.24) is 20.0 Å². The van der Waals surface area contributed by atoms with Crippen molar-refractivity contribution in [2.24, 2.45) is 18.9 Å². The van der Waals surface area contributed by atoms with Crippen LogP contribution in [0, 0.1) is 18.8 Å². The highest BCUT2D eigenvalue weighted by molar-refractivity contribution is 5.95. The summed E-state index contributed by atoms with van der Waals surface area (Å²) in [6.45, 7) is 5.79. The monoisotopic (exact) mass is 270 g/mol. The fraction of sp³-hybridized carbons (Fsp3) is 0.667. The molecule has 0 saturated carbocycles. The van der Waals surface area contributed by atoms with E-state index in [1.807, 2.05) is 25.1 Å². The van der Waals surface area contributed by atoms with Gasteiger partial charge >= 0.3 is 0 Å². The Balaban J connectivity index is 0.00000120. The third-order valence-corrected chi connectivity index (χ3v) is 3.92. The molecule has 0 aromatic carbocycles. The molecule has 18 heavy (non-hydrogen) atoms. The zero-order valence-electron chi connectivity index (χ0n) is 10.7. The van der Waals surface area contributed by atoms with Crippen LogP contribution in [0.2, 0.25) is 0 Å². The lowest BCUT2D eigenvalue weighted by atomic mass is 10.0. The van der Waals surface area contributed by atoms with E-state index in [9.17, 15) is 4.79 Å². The van der Waals surface area contributed by atoms with Crippen molar-refractivity contribution in [1.29, 1.82) is 0 Å². The maximum Gasteiger partial charge on any atom is 0.257 e. The van der Waals surface area contributed by atoms with E-state index >= 15 is 0 Å². The van der Waals surface area contributed by atoms with Gasteiger partial charge in [0.1, 0.15) is 0 Å². The molecule has 0 spiro atoms. The molecule has 2 atom stereocenters. The molecule has 3 rings (SSSR count). The van der Waals surface area contributed by atoms with Crippen LogP contribution in [0.3, 0.4) is 0 Å². The molecule has 2 saturated heterocycles. The quantitative estimate of drug-likeness (QED) is 0.806. The molecule has 2 aliphatic heterocycles. The van der Waals surface area contributed by atoms with E-state index in [2.05, 4.69) is 10.4 Å². The summed E-state index contributed by atoms with van der Waals surface area (Å²) in [5, 5.41) is 7.62. The maximum atomic E-state index is 12.4. The Hall–Kier alpha value is -1.07. The van der Waals surface area contributed by atoms with Gasteiger partial charge in [-0.15, -0.1) is 12.4 Å². The van der Waals surface area contributed by atoms with Crippen LogP contribution in [0.4, 0.5) is 0 Å². The minimum absolute atomic E-state index is 0. The predicted octanol–water partition coefficient (Wildman–Crippen LogP) is 0.442. The Bertz CT molecular complexity index is 447. The van der Waals surface area contributed by atoms with Crippen LogP contribution in [0.1, 0.15) is 16.1 Å². The van der Waals surface area contributed by atoms with Crippen molar-refractivity contribution < 1.29 is 4.79 Å². The zero-order chi connectivity index (χ0) is 12.0. The fourth-order valence-electron chi connectivity index (χ4n) is 3.00. The smallest absolute Gasteiger partial charge is 0.257 e. The van der Waals surface area contributed by atoms with Gasteiger partial charge in [-0.25, -0.2) is 0 Å². The van der Waals surface area contributed by atoms with Gasteiger partial charge in [0.05, 0.1) is 11.3 Å². The third-order valence-electron chi connectivity index (χ3n) is 3.92. The minimum atomic E-state index is 0. The number of likely N-dealkylation sites (tertiary alicyclic amines) is 1. The second-order valence-electron chi connectivity index (χ2n) is 5.19. The maximum absolute atomic E-state index is 12.4. The van der Waals surface area contributed by atoms with E-state index in [0.717, 1.165) is 37.4 Å². The molecule has 3 heterocycles. The lowest BCUT2D eigenvalue weighted by Gasteiger charge is -2.16. The number of aryl methyl sites for hydroxylation is 2. The van der Waals surface area contributed by atoms with Gasteiger partial charge in [0, 0.05) is 39.4 Å². The lowest BCUT2D eigenvalue weighted by molar-refractivity contribution is 0.0781. The Morgan fingerprint density at radius 1 is 1.39 bits per heavy atom. The van der Waals surface area contributed by atoms with Crippen molar-refractivity contribution in [3.8, 4) is 0 Å². The number of fused-ring (bicyclic) bond motifs is 1. The summed E-state index contributed by atoms with van der Waals surface area (Å²) < 4.78 is 1.71. The molecule has 1 aromatic heterocycles. The van der Waals surface area contributed by atoms with Crippen LogP contribution in [0.25, 0.3) is 0 Å². The molecular formula is C12H19ClN4O. The number of nitrogens with one attached hydrogen (secondary N) is 1. The highest BCUT2D eigenvalue weighted by atomic mass is 35.5. The second kappa shape index (κ2) is 4.90. The van der Waals surface area contributed by atoms with Gasteiger partial charge in [-0.05, 0) is 18.8 Å². The average molecular weight is 271 g/mol. The largest absolute Gasteiger partial charge is 0.338 e. The summed E-state index contributed by atoms with van der Waals surface area (Å²) in [4.78, 5) is 14.4. The van der Waals surface area contributed by atoms with Gasteiger partial charge in [-0.2, -0.15) is 5.10 Å². The number of carbonyl (C=O) groups excluding carboxylic acids is 1. The van der Waals surface area contributed by atoms with Crippen LogP contribution >= 0.6 is 12.4 Å². The van der Waals surface area contributed by atoms with E-state index < -0.39 is 0 Å². The Labute approximate surface area is 113 Å². The van der Waals surface area contributed by atoms with Crippen LogP contribution < -0.4 is 5.32 Å². The number of rotatable bonds is 1. The summed E-state index contributed by atoms with van der Waals surface area (Å²) in [5.74, 6) is 1.44. The van der Waals surface area contributed by atoms with E-state index in [-0.39, 0.29) is 18.3 Å². The van der Waals surface area contributed by atoms with Crippen molar-refractivity contribution in [3.05, 3.63) is 17.5 Å². The minimum Gasteiger partial charge on any atom is -0.338 e. The van der Waals surface area contributed by atoms with Crippen LogP contribution in [-0.4, -0.2) is 46.8 Å². The van der Waals surface area contributed by atoms with Gasteiger partial charge in [-0.3, -0.25) is 9.48 Å². The van der Waals surface area contributed by atoms with Gasteiger partial charge < -0.3 is 10.2 Å². The van der Waals surface area contributed by atoms with Crippen molar-refractivity contribution in [3.63, 3.8) is 0 Å². The first-order chi connectivity index (χ1) is 8.15. The van der Waals surface area contributed by atoms with Crippen molar-refractivity contribution >= 4 is 18.3 Å². The number of hydrogen-bond acceptors (Lipinski definition) is 3. The molecule has 1 aromatic rings. The molecular weight excluding hydrogens is 252 g/mol. The molecule has 0 bridgehead atoms. The summed E-state index contributed by atoms with van der Waals surface area (Å²) in [6, 6.07) is 0. The first-order valence-electron chi connectivity index (χ1n) is 6.15. The van der Waals surface area contributed by atoms with Gasteiger partial charge in [0.2, 0.25) is 0 Å². The summed E-state index contributed by atoms with van der Waals surface area (Å²) in [7, 11) is 1.85. The number of amides is 1. The number of carbonyl (C=O) groups is 1. The Morgan fingerprint density at radius 3 is 2.50 bits per heavy atom. The summed E-state index contributed by atoms with van der Waals surface area (Å²) >= 11 is 0. The molecule has 0 unspecified atom stereocenters. The average Bonchev–Trinajstić information content (AvgIpc) is 2.90. The van der Waals surface area contributed by atoms with E-state index in [0.29, 0.717) is 11.8 Å². The molecule has 1 N–H and O–H groups in total. The molecule has 0 aliphatic carbocycles. The molecule has 0 radical (unpaired) electrons. The Kier molecular flexibility index (Phi) is 3.64. The predicted molar refractivity (Wildman–Crippen MR) is 70.9 cm³/mol. The van der Waals surface area contributed by atoms with Gasteiger partial charge in [-0.1, -0.05) is 0 Å². The van der Waals surface area contributed by atoms with Crippen LogP contribution in [0.5, 0.6) is 0 Å². The standard InChI is InChI=1S/C12H18N4O.ClH/c1-8-11(7-15(2)14-8)12(17)16-5-9-3-13-4-10(9)6-16;/h7,9-10,13H,3-6H2,1-2H3;1H/t9-,10+;.